The van der Waals surface area contributed by atoms with Crippen LogP contribution >= 0.6 is 0 Å². The van der Waals surface area contributed by atoms with E-state index in [2.05, 4.69) is 10.1 Å². The van der Waals surface area contributed by atoms with Crippen molar-refractivity contribution in [3.63, 3.8) is 0 Å². The van der Waals surface area contributed by atoms with Crippen LogP contribution in [0.1, 0.15) is 12.5 Å². The molecule has 1 aromatic carbocycles. The molecular formula is C12H16N2O3. The average Bonchev–Trinajstić information content (AvgIpc) is 2.31. The summed E-state index contributed by atoms with van der Waals surface area (Å²) in [6.07, 6.45) is 0.220. The van der Waals surface area contributed by atoms with Crippen LogP contribution in [0, 0.1) is 0 Å². The van der Waals surface area contributed by atoms with Crippen LogP contribution in [0.25, 0.3) is 0 Å². The first-order valence-electron chi connectivity index (χ1n) is 5.25. The molecule has 0 aliphatic heterocycles. The van der Waals surface area contributed by atoms with Crippen LogP contribution in [-0.4, -0.2) is 25.0 Å². The van der Waals surface area contributed by atoms with E-state index in [0.717, 1.165) is 5.56 Å². The number of benzene rings is 1. The van der Waals surface area contributed by atoms with Gasteiger partial charge in [0.15, 0.2) is 0 Å². The predicted octanol–water partition coefficient (Wildman–Crippen LogP) is 0.688. The highest BCUT2D eigenvalue weighted by Crippen LogP contribution is 2.10. The van der Waals surface area contributed by atoms with Gasteiger partial charge in [-0.1, -0.05) is 12.1 Å². The lowest BCUT2D eigenvalue weighted by Gasteiger charge is -2.08. The number of hydrogen-bond acceptors (Lipinski definition) is 4. The highest BCUT2D eigenvalue weighted by molar-refractivity contribution is 5.94. The molecule has 0 saturated carbocycles. The molecule has 0 bridgehead atoms. The molecule has 0 spiro atoms. The van der Waals surface area contributed by atoms with E-state index in [4.69, 9.17) is 5.73 Å². The standard InChI is InChI=1S/C12H16N2O3/c1-8(13)12(16)14-10-5-3-9(4-6-10)7-11(15)17-2/h3-6,8H,7,13H2,1-2H3,(H,14,16). The van der Waals surface area contributed by atoms with Gasteiger partial charge in [0, 0.05) is 5.69 Å². The Labute approximate surface area is 99.9 Å². The molecule has 1 atom stereocenters. The van der Waals surface area contributed by atoms with Gasteiger partial charge in [0.25, 0.3) is 0 Å². The van der Waals surface area contributed by atoms with Crippen molar-refractivity contribution in [1.82, 2.24) is 0 Å². The highest BCUT2D eigenvalue weighted by Gasteiger charge is 2.07. The van der Waals surface area contributed by atoms with Gasteiger partial charge in [-0.05, 0) is 24.6 Å². The fourth-order valence-electron chi connectivity index (χ4n) is 1.20. The number of anilines is 1. The number of carbonyl (C=O) groups is 2. The minimum Gasteiger partial charge on any atom is -0.469 e. The van der Waals surface area contributed by atoms with E-state index >= 15 is 0 Å². The zero-order valence-corrected chi connectivity index (χ0v) is 9.90. The second-order valence-corrected chi connectivity index (χ2v) is 3.73. The summed E-state index contributed by atoms with van der Waals surface area (Å²) in [4.78, 5) is 22.3. The van der Waals surface area contributed by atoms with Gasteiger partial charge in [0.1, 0.15) is 0 Å². The van der Waals surface area contributed by atoms with Crippen LogP contribution in [0.2, 0.25) is 0 Å². The van der Waals surface area contributed by atoms with Gasteiger partial charge >= 0.3 is 5.97 Å². The predicted molar refractivity (Wildman–Crippen MR) is 64.4 cm³/mol. The maximum absolute atomic E-state index is 11.3. The molecule has 5 nitrogen and oxygen atoms in total. The van der Waals surface area contributed by atoms with Gasteiger partial charge < -0.3 is 15.8 Å². The lowest BCUT2D eigenvalue weighted by atomic mass is 10.1. The zero-order chi connectivity index (χ0) is 12.8. The van der Waals surface area contributed by atoms with Gasteiger partial charge in [-0.25, -0.2) is 0 Å². The molecule has 0 radical (unpaired) electrons. The molecule has 1 rings (SSSR count). The zero-order valence-electron chi connectivity index (χ0n) is 9.90. The summed E-state index contributed by atoms with van der Waals surface area (Å²) in [5.41, 5.74) is 6.91. The molecule has 1 unspecified atom stereocenters. The van der Waals surface area contributed by atoms with Gasteiger partial charge in [-0.2, -0.15) is 0 Å². The Morgan fingerprint density at radius 2 is 1.94 bits per heavy atom. The summed E-state index contributed by atoms with van der Waals surface area (Å²) < 4.78 is 4.56. The lowest BCUT2D eigenvalue weighted by Crippen LogP contribution is -2.32. The maximum atomic E-state index is 11.3. The first-order valence-corrected chi connectivity index (χ1v) is 5.25. The summed E-state index contributed by atoms with van der Waals surface area (Å²) in [6, 6.07) is 6.41. The van der Waals surface area contributed by atoms with Crippen molar-refractivity contribution >= 4 is 17.6 Å². The molecule has 0 aromatic heterocycles. The SMILES string of the molecule is COC(=O)Cc1ccc(NC(=O)C(C)N)cc1. The molecule has 1 aromatic rings. The molecule has 3 N–H and O–H groups in total. The molecule has 1 amide bonds. The quantitative estimate of drug-likeness (QED) is 0.753. The van der Waals surface area contributed by atoms with Crippen molar-refractivity contribution in [3.8, 4) is 0 Å². The fourth-order valence-corrected chi connectivity index (χ4v) is 1.20. The normalized spacial score (nSPS) is 11.7. The van der Waals surface area contributed by atoms with E-state index < -0.39 is 6.04 Å². The van der Waals surface area contributed by atoms with E-state index in [9.17, 15) is 9.59 Å². The summed E-state index contributed by atoms with van der Waals surface area (Å²) in [6.45, 7) is 1.61. The first kappa shape index (κ1) is 13.2. The Morgan fingerprint density at radius 1 is 1.35 bits per heavy atom. The molecule has 0 aliphatic rings. The van der Waals surface area contributed by atoms with Crippen LogP contribution in [0.15, 0.2) is 24.3 Å². The van der Waals surface area contributed by atoms with Crippen LogP contribution in [0.5, 0.6) is 0 Å². The smallest absolute Gasteiger partial charge is 0.309 e. The number of amides is 1. The molecule has 5 heteroatoms. The highest BCUT2D eigenvalue weighted by atomic mass is 16.5. The summed E-state index contributed by atoms with van der Waals surface area (Å²) >= 11 is 0. The molecule has 92 valence electrons. The van der Waals surface area contributed by atoms with E-state index in [1.807, 2.05) is 0 Å². The third-order valence-electron chi connectivity index (χ3n) is 2.21. The molecule has 0 aliphatic carbocycles. The van der Waals surface area contributed by atoms with Crippen LogP contribution < -0.4 is 11.1 Å². The molecule has 0 saturated heterocycles. The fraction of sp³-hybridized carbons (Fsp3) is 0.333. The Hall–Kier alpha value is -1.88. The average molecular weight is 236 g/mol. The Morgan fingerprint density at radius 3 is 2.41 bits per heavy atom. The van der Waals surface area contributed by atoms with Crippen molar-refractivity contribution < 1.29 is 14.3 Å². The Bertz CT molecular complexity index is 399. The number of methoxy groups -OCH3 is 1. The minimum absolute atomic E-state index is 0.220. The Kier molecular flexibility index (Phi) is 4.66. The number of nitrogens with one attached hydrogen (secondary N) is 1. The van der Waals surface area contributed by atoms with Crippen molar-refractivity contribution in [2.45, 2.75) is 19.4 Å². The van der Waals surface area contributed by atoms with Crippen molar-refractivity contribution in [1.29, 1.82) is 0 Å². The second-order valence-electron chi connectivity index (χ2n) is 3.73. The molecule has 17 heavy (non-hydrogen) atoms. The monoisotopic (exact) mass is 236 g/mol. The number of ether oxygens (including phenoxy) is 1. The second kappa shape index (κ2) is 6.00. The third-order valence-corrected chi connectivity index (χ3v) is 2.21. The summed E-state index contributed by atoms with van der Waals surface area (Å²) in [5.74, 6) is -0.539. The molecule has 0 fully saturated rings. The van der Waals surface area contributed by atoms with Gasteiger partial charge in [-0.3, -0.25) is 9.59 Å². The Balaban J connectivity index is 2.62. The number of nitrogens with two attached hydrogens (primary N) is 1. The number of esters is 1. The van der Waals surface area contributed by atoms with E-state index in [1.54, 1.807) is 31.2 Å². The van der Waals surface area contributed by atoms with Crippen LogP contribution in [0.4, 0.5) is 5.69 Å². The molecule has 0 heterocycles. The van der Waals surface area contributed by atoms with E-state index in [1.165, 1.54) is 7.11 Å². The lowest BCUT2D eigenvalue weighted by molar-refractivity contribution is -0.139. The topological polar surface area (TPSA) is 81.4 Å². The maximum Gasteiger partial charge on any atom is 0.309 e. The van der Waals surface area contributed by atoms with Crippen LogP contribution in [0.3, 0.4) is 0 Å². The summed E-state index contributed by atoms with van der Waals surface area (Å²) in [7, 11) is 1.35. The van der Waals surface area contributed by atoms with Gasteiger partial charge in [0.2, 0.25) is 5.91 Å². The first-order chi connectivity index (χ1) is 8.02. The number of rotatable bonds is 4. The molecular weight excluding hydrogens is 220 g/mol. The van der Waals surface area contributed by atoms with Crippen molar-refractivity contribution in [3.05, 3.63) is 29.8 Å². The van der Waals surface area contributed by atoms with Crippen molar-refractivity contribution in [2.24, 2.45) is 5.73 Å². The van der Waals surface area contributed by atoms with Crippen LogP contribution in [-0.2, 0) is 20.7 Å². The summed E-state index contributed by atoms with van der Waals surface area (Å²) in [5, 5.41) is 2.66. The van der Waals surface area contributed by atoms with E-state index in [-0.39, 0.29) is 18.3 Å². The largest absolute Gasteiger partial charge is 0.469 e. The van der Waals surface area contributed by atoms with Gasteiger partial charge in [-0.15, -0.1) is 0 Å². The van der Waals surface area contributed by atoms with Crippen molar-refractivity contribution in [2.75, 3.05) is 12.4 Å². The van der Waals surface area contributed by atoms with Gasteiger partial charge in [0.05, 0.1) is 19.6 Å². The van der Waals surface area contributed by atoms with E-state index in [0.29, 0.717) is 5.69 Å². The minimum atomic E-state index is -0.551. The third kappa shape index (κ3) is 4.24. The number of hydrogen-bond donors (Lipinski definition) is 2. The number of carbonyl (C=O) groups excluding carboxylic acids is 2.